The first-order valence-corrected chi connectivity index (χ1v) is 16.7. The molecule has 2 saturated heterocycles. The number of carbonyl (C=O) groups excluding carboxylic acids is 3. The number of likely N-dealkylation sites (tertiary alicyclic amines) is 1. The maximum Gasteiger partial charge on any atom is 0.410 e. The number of carbonyl (C=O) groups is 3. The Labute approximate surface area is 274 Å². The van der Waals surface area contributed by atoms with Gasteiger partial charge in [0, 0.05) is 52.1 Å². The first-order chi connectivity index (χ1) is 22.5. The minimum Gasteiger partial charge on any atom is -0.457 e. The van der Waals surface area contributed by atoms with Gasteiger partial charge in [0.1, 0.15) is 17.7 Å². The summed E-state index contributed by atoms with van der Waals surface area (Å²) in [5.74, 6) is -1.41. The molecule has 13 heteroatoms. The molecule has 4 heterocycles. The Morgan fingerprint density at radius 3 is 2.47 bits per heavy atom. The van der Waals surface area contributed by atoms with Crippen LogP contribution in [0.2, 0.25) is 0 Å². The number of rotatable bonds is 4. The number of esters is 1. The van der Waals surface area contributed by atoms with Gasteiger partial charge in [-0.25, -0.2) is 13.9 Å². The van der Waals surface area contributed by atoms with E-state index in [0.29, 0.717) is 81.6 Å². The number of aliphatic hydroxyl groups excluding tert-OH is 1. The third kappa shape index (κ3) is 8.55. The van der Waals surface area contributed by atoms with Gasteiger partial charge in [-0.05, 0) is 67.9 Å². The topological polar surface area (TPSA) is 139 Å². The molecule has 3 aliphatic heterocycles. The van der Waals surface area contributed by atoms with Gasteiger partial charge in [0.15, 0.2) is 5.82 Å². The van der Waals surface area contributed by atoms with Crippen molar-refractivity contribution in [2.75, 3.05) is 39.3 Å². The average molecular weight is 655 g/mol. The van der Waals surface area contributed by atoms with Crippen LogP contribution in [0.3, 0.4) is 0 Å². The first kappa shape index (κ1) is 34.5. The van der Waals surface area contributed by atoms with Crippen molar-refractivity contribution in [3.63, 3.8) is 0 Å². The fourth-order valence-electron chi connectivity index (χ4n) is 6.63. The highest BCUT2D eigenvalue weighted by Gasteiger charge is 2.29. The van der Waals surface area contributed by atoms with Gasteiger partial charge in [0.05, 0.1) is 24.1 Å². The summed E-state index contributed by atoms with van der Waals surface area (Å²) in [6.45, 7) is 11.0. The molecule has 0 unspecified atom stereocenters. The Morgan fingerprint density at radius 1 is 1.04 bits per heavy atom. The summed E-state index contributed by atoms with van der Waals surface area (Å²) in [6.07, 6.45) is 5.15. The number of amides is 2. The fraction of sp³-hybridized carbons (Fsp3) is 0.618. The van der Waals surface area contributed by atoms with Gasteiger partial charge in [-0.3, -0.25) is 9.59 Å². The van der Waals surface area contributed by atoms with Crippen molar-refractivity contribution >= 4 is 35.1 Å². The molecule has 0 radical (unpaired) electrons. The van der Waals surface area contributed by atoms with Crippen molar-refractivity contribution in [2.45, 2.75) is 84.2 Å². The SMILES string of the molecule is CC(=O)N1CCC(n2nnc3c(F)cc(/C=C(\C)[C@H]4OC(=O)C[C@H](O)CC[C@H](C)[C@H](OC(=O)N5CCNCC5)/C=C/[C@@H]4C)cc32)CC1. The van der Waals surface area contributed by atoms with Gasteiger partial charge < -0.3 is 29.7 Å². The lowest BCUT2D eigenvalue weighted by Crippen LogP contribution is -2.47. The maximum absolute atomic E-state index is 15.3. The Balaban J connectivity index is 1.40. The molecule has 12 nitrogen and oxygen atoms in total. The van der Waals surface area contributed by atoms with Gasteiger partial charge in [-0.15, -0.1) is 5.10 Å². The lowest BCUT2D eigenvalue weighted by Gasteiger charge is -2.31. The van der Waals surface area contributed by atoms with E-state index in [4.69, 9.17) is 9.47 Å². The number of piperidine rings is 1. The van der Waals surface area contributed by atoms with Crippen LogP contribution in [0.15, 0.2) is 29.9 Å². The molecular formula is C34H47FN6O6. The van der Waals surface area contributed by atoms with Gasteiger partial charge in [-0.2, -0.15) is 0 Å². The lowest BCUT2D eigenvalue weighted by molar-refractivity contribution is -0.151. The molecule has 0 spiro atoms. The highest BCUT2D eigenvalue weighted by Crippen LogP contribution is 2.30. The number of halogens is 1. The van der Waals surface area contributed by atoms with Crippen LogP contribution in [0, 0.1) is 17.7 Å². The largest absolute Gasteiger partial charge is 0.457 e. The molecule has 0 bridgehead atoms. The third-order valence-electron chi connectivity index (χ3n) is 9.52. The zero-order valence-electron chi connectivity index (χ0n) is 27.7. The number of aliphatic hydroxyl groups is 1. The minimum atomic E-state index is -0.898. The van der Waals surface area contributed by atoms with Gasteiger partial charge in [0.25, 0.3) is 0 Å². The second-order valence-corrected chi connectivity index (χ2v) is 13.2. The molecule has 1 aromatic carbocycles. The number of nitrogens with zero attached hydrogens (tertiary/aromatic N) is 5. The van der Waals surface area contributed by atoms with Gasteiger partial charge in [-0.1, -0.05) is 31.2 Å². The van der Waals surface area contributed by atoms with E-state index < -0.39 is 30.1 Å². The molecular weight excluding hydrogens is 607 g/mol. The van der Waals surface area contributed by atoms with Crippen molar-refractivity contribution in [2.24, 2.45) is 11.8 Å². The number of benzene rings is 1. The standard InChI is InChI=1S/C34H47FN6O6/c1-21-5-7-27(43)20-31(44)47-33(22(2)6-8-30(21)46-34(45)40-15-11-36-12-16-40)23(3)17-25-18-28(35)32-29(19-25)41(38-37-32)26-9-13-39(14-10-26)24(4)42/h6,8,17-19,21-22,26-27,30,33,36,43H,5,7,9-16,20H2,1-4H3/b8-6+,23-17+/t21-,22-,27+,30+,33-/m0/s1. The number of aromatic nitrogens is 3. The minimum absolute atomic E-state index is 0.0183. The van der Waals surface area contributed by atoms with Crippen LogP contribution in [0.1, 0.15) is 71.4 Å². The van der Waals surface area contributed by atoms with E-state index in [-0.39, 0.29) is 41.8 Å². The van der Waals surface area contributed by atoms with E-state index in [1.807, 2.05) is 39.0 Å². The van der Waals surface area contributed by atoms with Crippen LogP contribution < -0.4 is 5.32 Å². The molecule has 256 valence electrons. The summed E-state index contributed by atoms with van der Waals surface area (Å²) >= 11 is 0. The van der Waals surface area contributed by atoms with E-state index in [9.17, 15) is 19.5 Å². The van der Waals surface area contributed by atoms with E-state index in [1.165, 1.54) is 6.07 Å². The summed E-state index contributed by atoms with van der Waals surface area (Å²) in [7, 11) is 0. The molecule has 2 amide bonds. The van der Waals surface area contributed by atoms with Crippen LogP contribution in [-0.4, -0.2) is 105 Å². The molecule has 47 heavy (non-hydrogen) atoms. The van der Waals surface area contributed by atoms with Gasteiger partial charge >= 0.3 is 12.1 Å². The smallest absolute Gasteiger partial charge is 0.410 e. The van der Waals surface area contributed by atoms with Crippen LogP contribution >= 0.6 is 0 Å². The summed E-state index contributed by atoms with van der Waals surface area (Å²) in [4.78, 5) is 41.2. The van der Waals surface area contributed by atoms with Crippen molar-refractivity contribution in [1.82, 2.24) is 30.1 Å². The highest BCUT2D eigenvalue weighted by molar-refractivity contribution is 5.79. The van der Waals surface area contributed by atoms with Crippen LogP contribution in [0.25, 0.3) is 17.1 Å². The number of nitrogens with one attached hydrogen (secondary N) is 1. The second-order valence-electron chi connectivity index (χ2n) is 13.2. The van der Waals surface area contributed by atoms with Crippen LogP contribution in [0.4, 0.5) is 9.18 Å². The molecule has 2 N–H and O–H groups in total. The highest BCUT2D eigenvalue weighted by atomic mass is 19.1. The summed E-state index contributed by atoms with van der Waals surface area (Å²) in [5, 5.41) is 22.2. The molecule has 2 fully saturated rings. The molecule has 3 aliphatic rings. The lowest BCUT2D eigenvalue weighted by atomic mass is 9.91. The molecule has 5 atom stereocenters. The molecule has 5 rings (SSSR count). The summed E-state index contributed by atoms with van der Waals surface area (Å²) in [6, 6.07) is 3.20. The summed E-state index contributed by atoms with van der Waals surface area (Å²) < 4.78 is 29.0. The fourth-order valence-corrected chi connectivity index (χ4v) is 6.63. The monoisotopic (exact) mass is 654 g/mol. The quantitative estimate of drug-likeness (QED) is 0.372. The Kier molecular flexibility index (Phi) is 11.3. The number of cyclic esters (lactones) is 1. The molecule has 0 saturated carbocycles. The zero-order chi connectivity index (χ0) is 33.7. The maximum atomic E-state index is 15.3. The Hall–Kier alpha value is -3.84. The third-order valence-corrected chi connectivity index (χ3v) is 9.52. The number of ether oxygens (including phenoxy) is 2. The zero-order valence-corrected chi connectivity index (χ0v) is 27.7. The number of piperazine rings is 1. The Morgan fingerprint density at radius 2 is 1.77 bits per heavy atom. The van der Waals surface area contributed by atoms with Crippen molar-refractivity contribution < 1.29 is 33.4 Å². The molecule has 1 aromatic heterocycles. The number of hydrogen-bond donors (Lipinski definition) is 2. The first-order valence-electron chi connectivity index (χ1n) is 16.7. The predicted octanol–water partition coefficient (Wildman–Crippen LogP) is 3.85. The number of fused-ring (bicyclic) bond motifs is 1. The number of hydrogen-bond acceptors (Lipinski definition) is 9. The van der Waals surface area contributed by atoms with Gasteiger partial charge in [0.2, 0.25) is 5.91 Å². The normalized spacial score (nSPS) is 27.9. The average Bonchev–Trinajstić information content (AvgIpc) is 3.48. The van der Waals surface area contributed by atoms with Crippen LogP contribution in [-0.2, 0) is 19.1 Å². The van der Waals surface area contributed by atoms with Crippen LogP contribution in [0.5, 0.6) is 0 Å². The van der Waals surface area contributed by atoms with E-state index in [0.717, 1.165) is 0 Å². The molecule has 0 aliphatic carbocycles. The van der Waals surface area contributed by atoms with Crippen molar-refractivity contribution in [3.8, 4) is 0 Å². The van der Waals surface area contributed by atoms with Crippen molar-refractivity contribution in [3.05, 3.63) is 41.2 Å². The van der Waals surface area contributed by atoms with E-state index >= 15 is 4.39 Å². The van der Waals surface area contributed by atoms with Crippen molar-refractivity contribution in [1.29, 1.82) is 0 Å². The predicted molar refractivity (Wildman–Crippen MR) is 174 cm³/mol. The Bertz CT molecular complexity index is 1500. The molecule has 2 aromatic rings. The second kappa shape index (κ2) is 15.4. The summed E-state index contributed by atoms with van der Waals surface area (Å²) in [5.41, 5.74) is 1.97. The van der Waals surface area contributed by atoms with E-state index in [2.05, 4.69) is 15.6 Å². The van der Waals surface area contributed by atoms with E-state index in [1.54, 1.807) is 27.5 Å².